The summed E-state index contributed by atoms with van der Waals surface area (Å²) in [4.78, 5) is 28.4. The van der Waals surface area contributed by atoms with E-state index in [1.165, 1.54) is 17.0 Å². The quantitative estimate of drug-likeness (QED) is 0.338. The Kier molecular flexibility index (Phi) is 10.2. The second-order valence-corrected chi connectivity index (χ2v) is 12.4. The van der Waals surface area contributed by atoms with Crippen molar-refractivity contribution in [1.82, 2.24) is 10.2 Å². The van der Waals surface area contributed by atoms with Crippen LogP contribution in [0.1, 0.15) is 37.5 Å². The van der Waals surface area contributed by atoms with Crippen LogP contribution in [0.5, 0.6) is 0 Å². The zero-order valence-corrected chi connectivity index (χ0v) is 24.6. The Balaban J connectivity index is 2.02. The molecule has 1 N–H and O–H groups in total. The van der Waals surface area contributed by atoms with Gasteiger partial charge in [-0.15, -0.1) is 0 Å². The molecule has 2 amide bonds. The van der Waals surface area contributed by atoms with Crippen molar-refractivity contribution in [3.63, 3.8) is 0 Å². The first-order valence-electron chi connectivity index (χ1n) is 12.9. The smallest absolute Gasteiger partial charge is 0.264 e. The number of benzene rings is 3. The maximum atomic E-state index is 13.9. The van der Waals surface area contributed by atoms with E-state index < -0.39 is 28.5 Å². The molecule has 3 aromatic carbocycles. The molecule has 0 saturated heterocycles. The lowest BCUT2D eigenvalue weighted by Gasteiger charge is -2.32. The van der Waals surface area contributed by atoms with Gasteiger partial charge in [0, 0.05) is 13.1 Å². The maximum absolute atomic E-state index is 13.9. The average Bonchev–Trinajstić information content (AvgIpc) is 2.90. The number of hydrogen-bond donors (Lipinski definition) is 1. The Bertz CT molecular complexity index is 1390. The fourth-order valence-corrected chi connectivity index (χ4v) is 5.65. The highest BCUT2D eigenvalue weighted by atomic mass is 35.5. The Hall–Kier alpha value is -3.36. The number of carbonyl (C=O) groups is 2. The summed E-state index contributed by atoms with van der Waals surface area (Å²) in [6.07, 6.45) is 0. The molecule has 0 saturated carbocycles. The summed E-state index contributed by atoms with van der Waals surface area (Å²) >= 11 is 6.43. The lowest BCUT2D eigenvalue weighted by atomic mass is 10.1. The molecule has 208 valence electrons. The van der Waals surface area contributed by atoms with Crippen LogP contribution in [0.4, 0.5) is 5.69 Å². The molecule has 0 heterocycles. The number of nitrogens with one attached hydrogen (secondary N) is 1. The Labute approximate surface area is 236 Å². The normalized spacial score (nSPS) is 12.2. The predicted molar refractivity (Wildman–Crippen MR) is 156 cm³/mol. The molecular weight excluding hydrogens is 534 g/mol. The third-order valence-electron chi connectivity index (χ3n) is 6.33. The van der Waals surface area contributed by atoms with Crippen molar-refractivity contribution >= 4 is 39.1 Å². The van der Waals surface area contributed by atoms with Crippen molar-refractivity contribution in [2.45, 2.75) is 52.1 Å². The number of hydrogen-bond acceptors (Lipinski definition) is 4. The summed E-state index contributed by atoms with van der Waals surface area (Å²) in [6.45, 7) is 9.50. The van der Waals surface area contributed by atoms with Crippen LogP contribution in [0.3, 0.4) is 0 Å². The molecule has 0 aliphatic carbocycles. The lowest BCUT2D eigenvalue weighted by Crippen LogP contribution is -2.51. The minimum atomic E-state index is -4.17. The van der Waals surface area contributed by atoms with Gasteiger partial charge < -0.3 is 10.2 Å². The summed E-state index contributed by atoms with van der Waals surface area (Å²) in [5, 5.41) is 3.07. The molecule has 3 aromatic rings. The van der Waals surface area contributed by atoms with Gasteiger partial charge in [-0.3, -0.25) is 13.9 Å². The first-order valence-corrected chi connectivity index (χ1v) is 14.7. The second-order valence-electron chi connectivity index (χ2n) is 10.1. The zero-order chi connectivity index (χ0) is 28.7. The molecule has 39 heavy (non-hydrogen) atoms. The van der Waals surface area contributed by atoms with E-state index in [0.717, 1.165) is 21.0 Å². The number of rotatable bonds is 11. The van der Waals surface area contributed by atoms with Crippen LogP contribution in [0.2, 0.25) is 5.02 Å². The zero-order valence-electron chi connectivity index (χ0n) is 23.0. The Morgan fingerprint density at radius 1 is 0.872 bits per heavy atom. The van der Waals surface area contributed by atoms with Gasteiger partial charge in [0.25, 0.3) is 10.0 Å². The topological polar surface area (TPSA) is 86.8 Å². The minimum absolute atomic E-state index is 0.0358. The number of para-hydroxylation sites is 1. The molecule has 0 spiro atoms. The lowest BCUT2D eigenvalue weighted by molar-refractivity contribution is -0.139. The van der Waals surface area contributed by atoms with Gasteiger partial charge in [-0.05, 0) is 56.5 Å². The van der Waals surface area contributed by atoms with Crippen molar-refractivity contribution in [2.75, 3.05) is 17.4 Å². The van der Waals surface area contributed by atoms with Crippen molar-refractivity contribution in [3.05, 3.63) is 94.5 Å². The number of carbonyl (C=O) groups excluding carboxylic acids is 2. The molecule has 9 heteroatoms. The molecule has 0 aliphatic rings. The molecular formula is C30H36ClN3O4S. The first kappa shape index (κ1) is 30.2. The molecule has 3 rings (SSSR count). The van der Waals surface area contributed by atoms with Gasteiger partial charge in [0.15, 0.2) is 0 Å². The fraction of sp³-hybridized carbons (Fsp3) is 0.333. The SMILES string of the molecule is Cc1ccc(CN(C(=O)CN(c2ccccc2Cl)S(=O)(=O)c2ccc(C)cc2)[C@H](C)C(=O)NCC(C)C)cc1. The van der Waals surface area contributed by atoms with Crippen LogP contribution in [0.15, 0.2) is 77.7 Å². The van der Waals surface area contributed by atoms with E-state index >= 15 is 0 Å². The van der Waals surface area contributed by atoms with Crippen LogP contribution in [0.25, 0.3) is 0 Å². The van der Waals surface area contributed by atoms with Crippen LogP contribution in [-0.2, 0) is 26.2 Å². The number of amides is 2. The van der Waals surface area contributed by atoms with Crippen LogP contribution < -0.4 is 9.62 Å². The largest absolute Gasteiger partial charge is 0.354 e. The van der Waals surface area contributed by atoms with Crippen molar-refractivity contribution < 1.29 is 18.0 Å². The van der Waals surface area contributed by atoms with E-state index in [-0.39, 0.29) is 34.0 Å². The third-order valence-corrected chi connectivity index (χ3v) is 8.43. The Morgan fingerprint density at radius 3 is 2.00 bits per heavy atom. The predicted octanol–water partition coefficient (Wildman–Crippen LogP) is 5.34. The summed E-state index contributed by atoms with van der Waals surface area (Å²) in [6, 6.07) is 19.7. The summed E-state index contributed by atoms with van der Waals surface area (Å²) < 4.78 is 28.7. The molecule has 0 aromatic heterocycles. The highest BCUT2D eigenvalue weighted by Gasteiger charge is 2.33. The number of nitrogens with zero attached hydrogens (tertiary/aromatic N) is 2. The minimum Gasteiger partial charge on any atom is -0.354 e. The van der Waals surface area contributed by atoms with E-state index in [2.05, 4.69) is 5.32 Å². The standard InChI is InChI=1S/C30H36ClN3O4S/c1-21(2)18-32-30(36)24(5)33(19-25-14-10-22(3)11-15-25)29(35)20-34(28-9-7-6-8-27(28)31)39(37,38)26-16-12-23(4)13-17-26/h6-17,21,24H,18-20H2,1-5H3,(H,32,36)/t24-/m1/s1. The number of sulfonamides is 1. The second kappa shape index (κ2) is 13.1. The monoisotopic (exact) mass is 569 g/mol. The highest BCUT2D eigenvalue weighted by Crippen LogP contribution is 2.31. The van der Waals surface area contributed by atoms with Gasteiger partial charge in [0.1, 0.15) is 12.6 Å². The fourth-order valence-electron chi connectivity index (χ4n) is 3.93. The van der Waals surface area contributed by atoms with Gasteiger partial charge in [-0.2, -0.15) is 0 Å². The molecule has 0 aliphatic heterocycles. The van der Waals surface area contributed by atoms with Crippen molar-refractivity contribution in [3.8, 4) is 0 Å². The van der Waals surface area contributed by atoms with Crippen molar-refractivity contribution in [1.29, 1.82) is 0 Å². The van der Waals surface area contributed by atoms with Gasteiger partial charge >= 0.3 is 0 Å². The molecule has 7 nitrogen and oxygen atoms in total. The van der Waals surface area contributed by atoms with Crippen LogP contribution in [-0.4, -0.2) is 44.3 Å². The highest BCUT2D eigenvalue weighted by molar-refractivity contribution is 7.92. The number of halogens is 1. The Morgan fingerprint density at radius 2 is 1.44 bits per heavy atom. The maximum Gasteiger partial charge on any atom is 0.264 e. The van der Waals surface area contributed by atoms with Gasteiger partial charge in [0.05, 0.1) is 15.6 Å². The summed E-state index contributed by atoms with van der Waals surface area (Å²) in [7, 11) is -4.17. The van der Waals surface area contributed by atoms with Crippen molar-refractivity contribution in [2.24, 2.45) is 5.92 Å². The van der Waals surface area contributed by atoms with E-state index in [1.807, 2.05) is 52.0 Å². The van der Waals surface area contributed by atoms with Crippen LogP contribution in [0, 0.1) is 19.8 Å². The van der Waals surface area contributed by atoms with E-state index in [1.54, 1.807) is 43.3 Å². The molecule has 1 atom stereocenters. The first-order chi connectivity index (χ1) is 18.4. The van der Waals surface area contributed by atoms with Gasteiger partial charge in [-0.25, -0.2) is 8.42 Å². The molecule has 0 fully saturated rings. The molecule has 0 radical (unpaired) electrons. The van der Waals surface area contributed by atoms with Gasteiger partial charge in [-0.1, -0.05) is 85.1 Å². The van der Waals surface area contributed by atoms with E-state index in [9.17, 15) is 18.0 Å². The summed E-state index contributed by atoms with van der Waals surface area (Å²) in [5.41, 5.74) is 2.97. The van der Waals surface area contributed by atoms with Crippen LogP contribution >= 0.6 is 11.6 Å². The van der Waals surface area contributed by atoms with E-state index in [0.29, 0.717) is 6.54 Å². The number of aryl methyl sites for hydroxylation is 2. The number of anilines is 1. The molecule has 0 bridgehead atoms. The average molecular weight is 570 g/mol. The molecule has 0 unspecified atom stereocenters. The van der Waals surface area contributed by atoms with E-state index in [4.69, 9.17) is 11.6 Å². The third kappa shape index (κ3) is 7.83. The summed E-state index contributed by atoms with van der Waals surface area (Å²) in [5.74, 6) is -0.606. The van der Waals surface area contributed by atoms with Gasteiger partial charge in [0.2, 0.25) is 11.8 Å².